The molecule has 3 nitrogen and oxygen atoms in total. The molecule has 0 bridgehead atoms. The van der Waals surface area contributed by atoms with Gasteiger partial charge in [-0.2, -0.15) is 0 Å². The Kier molecular flexibility index (Phi) is 5.56. The van der Waals surface area contributed by atoms with Crippen LogP contribution in [0.3, 0.4) is 0 Å². The Balaban J connectivity index is 1.83. The van der Waals surface area contributed by atoms with Gasteiger partial charge in [-0.25, -0.2) is 4.98 Å². The van der Waals surface area contributed by atoms with E-state index < -0.39 is 0 Å². The number of nitrogens with zero attached hydrogens (tertiary/aromatic N) is 1. The van der Waals surface area contributed by atoms with E-state index in [0.29, 0.717) is 6.61 Å². The first-order chi connectivity index (χ1) is 9.70. The maximum atomic E-state index is 5.86. The lowest BCUT2D eigenvalue weighted by molar-refractivity contribution is 0.319. The summed E-state index contributed by atoms with van der Waals surface area (Å²) in [7, 11) is 0. The third-order valence-corrected chi connectivity index (χ3v) is 4.24. The quantitative estimate of drug-likeness (QED) is 0.847. The van der Waals surface area contributed by atoms with Gasteiger partial charge in [-0.3, -0.25) is 0 Å². The Morgan fingerprint density at radius 3 is 2.95 bits per heavy atom. The lowest BCUT2D eigenvalue weighted by atomic mass is 10.1. The third-order valence-electron chi connectivity index (χ3n) is 3.28. The highest BCUT2D eigenvalue weighted by Crippen LogP contribution is 2.21. The lowest BCUT2D eigenvalue weighted by Crippen LogP contribution is -2.12. The minimum atomic E-state index is 0.679. The van der Waals surface area contributed by atoms with Gasteiger partial charge in [0.05, 0.1) is 17.3 Å². The molecule has 1 aromatic heterocycles. The molecule has 4 heteroatoms. The zero-order chi connectivity index (χ0) is 14.4. The van der Waals surface area contributed by atoms with E-state index >= 15 is 0 Å². The molecule has 1 N–H and O–H groups in total. The van der Waals surface area contributed by atoms with Crippen LogP contribution in [0.4, 0.5) is 0 Å². The minimum Gasteiger partial charge on any atom is -0.493 e. The number of benzene rings is 1. The van der Waals surface area contributed by atoms with Gasteiger partial charge in [0, 0.05) is 18.3 Å². The molecular weight excluding hydrogens is 268 g/mol. The second kappa shape index (κ2) is 7.41. The van der Waals surface area contributed by atoms with Crippen molar-refractivity contribution in [1.82, 2.24) is 10.3 Å². The van der Waals surface area contributed by atoms with Gasteiger partial charge >= 0.3 is 0 Å². The van der Waals surface area contributed by atoms with Gasteiger partial charge in [-0.05, 0) is 37.6 Å². The van der Waals surface area contributed by atoms with Crippen molar-refractivity contribution < 1.29 is 4.74 Å². The van der Waals surface area contributed by atoms with Gasteiger partial charge in [0.15, 0.2) is 0 Å². The van der Waals surface area contributed by atoms with Crippen LogP contribution in [-0.4, -0.2) is 18.1 Å². The van der Waals surface area contributed by atoms with Crippen molar-refractivity contribution in [1.29, 1.82) is 0 Å². The third kappa shape index (κ3) is 4.05. The van der Waals surface area contributed by atoms with Crippen molar-refractivity contribution >= 4 is 11.3 Å². The van der Waals surface area contributed by atoms with E-state index in [1.54, 1.807) is 11.3 Å². The Hall–Kier alpha value is -1.39. The van der Waals surface area contributed by atoms with Crippen LogP contribution in [0.5, 0.6) is 5.75 Å². The predicted molar refractivity (Wildman–Crippen MR) is 84.6 cm³/mol. The first kappa shape index (κ1) is 15.0. The number of nitrogens with one attached hydrogen (secondary N) is 1. The Morgan fingerprint density at radius 1 is 1.30 bits per heavy atom. The fourth-order valence-corrected chi connectivity index (χ4v) is 2.71. The fourth-order valence-electron chi connectivity index (χ4n) is 1.93. The van der Waals surface area contributed by atoms with Crippen LogP contribution in [0.15, 0.2) is 23.6 Å². The maximum absolute atomic E-state index is 5.86. The molecule has 0 aliphatic rings. The van der Waals surface area contributed by atoms with Crippen LogP contribution in [0.25, 0.3) is 0 Å². The van der Waals surface area contributed by atoms with E-state index in [-0.39, 0.29) is 0 Å². The zero-order valence-corrected chi connectivity index (χ0v) is 13.2. The van der Waals surface area contributed by atoms with Crippen molar-refractivity contribution in [2.75, 3.05) is 13.2 Å². The lowest BCUT2D eigenvalue weighted by Gasteiger charge is -2.09. The molecule has 2 aromatic rings. The molecule has 0 spiro atoms. The summed E-state index contributed by atoms with van der Waals surface area (Å²) >= 11 is 1.71. The smallest absolute Gasteiger partial charge is 0.122 e. The predicted octanol–water partition coefficient (Wildman–Crippen LogP) is 3.49. The molecule has 0 aliphatic carbocycles. The summed E-state index contributed by atoms with van der Waals surface area (Å²) < 4.78 is 5.86. The van der Waals surface area contributed by atoms with E-state index in [9.17, 15) is 0 Å². The highest BCUT2D eigenvalue weighted by Gasteiger charge is 2.04. The van der Waals surface area contributed by atoms with Crippen molar-refractivity contribution in [3.63, 3.8) is 0 Å². The molecule has 0 fully saturated rings. The molecule has 2 rings (SSSR count). The number of hydrogen-bond donors (Lipinski definition) is 1. The summed E-state index contributed by atoms with van der Waals surface area (Å²) in [5.74, 6) is 0.981. The summed E-state index contributed by atoms with van der Waals surface area (Å²) in [5.41, 5.74) is 3.61. The van der Waals surface area contributed by atoms with Crippen LogP contribution in [0.2, 0.25) is 0 Å². The first-order valence-electron chi connectivity index (χ1n) is 7.03. The molecule has 0 atom stereocenters. The number of rotatable bonds is 7. The highest BCUT2D eigenvalue weighted by atomic mass is 32.1. The molecule has 0 amide bonds. The van der Waals surface area contributed by atoms with Gasteiger partial charge in [0.2, 0.25) is 0 Å². The fraction of sp³-hybridized carbons (Fsp3) is 0.438. The topological polar surface area (TPSA) is 34.1 Å². The van der Waals surface area contributed by atoms with Crippen LogP contribution in [0.1, 0.15) is 28.8 Å². The van der Waals surface area contributed by atoms with Gasteiger partial charge < -0.3 is 10.1 Å². The molecule has 0 radical (unpaired) electrons. The number of ether oxygens (including phenoxy) is 1. The molecule has 108 valence electrons. The number of thiazole rings is 1. The summed E-state index contributed by atoms with van der Waals surface area (Å²) in [6.45, 7) is 8.82. The van der Waals surface area contributed by atoms with Crippen molar-refractivity contribution in [3.05, 3.63) is 45.4 Å². The molecule has 1 heterocycles. The Morgan fingerprint density at radius 2 is 2.15 bits per heavy atom. The molecule has 1 aromatic carbocycles. The van der Waals surface area contributed by atoms with E-state index in [1.165, 1.54) is 11.1 Å². The Bertz CT molecular complexity index is 551. The van der Waals surface area contributed by atoms with Crippen molar-refractivity contribution in [2.24, 2.45) is 0 Å². The second-order valence-corrected chi connectivity index (χ2v) is 5.75. The zero-order valence-electron chi connectivity index (χ0n) is 12.4. The minimum absolute atomic E-state index is 0.679. The molecule has 0 saturated heterocycles. The van der Waals surface area contributed by atoms with Crippen molar-refractivity contribution in [2.45, 2.75) is 33.7 Å². The van der Waals surface area contributed by atoms with Crippen LogP contribution >= 0.6 is 11.3 Å². The Labute approximate surface area is 125 Å². The van der Waals surface area contributed by atoms with Crippen LogP contribution < -0.4 is 10.1 Å². The summed E-state index contributed by atoms with van der Waals surface area (Å²) in [4.78, 5) is 4.59. The largest absolute Gasteiger partial charge is 0.493 e. The van der Waals surface area contributed by atoms with Crippen LogP contribution in [0, 0.1) is 13.8 Å². The van der Waals surface area contributed by atoms with Gasteiger partial charge in [-0.1, -0.05) is 19.1 Å². The molecular formula is C16H22N2OS. The maximum Gasteiger partial charge on any atom is 0.122 e. The highest BCUT2D eigenvalue weighted by molar-refractivity contribution is 7.09. The van der Waals surface area contributed by atoms with E-state index in [2.05, 4.69) is 42.5 Å². The number of aromatic nitrogens is 1. The van der Waals surface area contributed by atoms with Crippen LogP contribution in [-0.2, 0) is 13.0 Å². The van der Waals surface area contributed by atoms with Gasteiger partial charge in [-0.15, -0.1) is 11.3 Å². The number of aryl methyl sites for hydroxylation is 1. The standard InChI is InChI=1S/C16H22N2OS/c1-4-17-10-14-11-20-16(18-14)8-9-19-15-7-5-6-12(2)13(15)3/h5-7,11,17H,4,8-10H2,1-3H3. The number of hydrogen-bond acceptors (Lipinski definition) is 4. The summed E-state index contributed by atoms with van der Waals surface area (Å²) in [5, 5.41) is 6.55. The van der Waals surface area contributed by atoms with E-state index in [1.807, 2.05) is 12.1 Å². The van der Waals surface area contributed by atoms with E-state index in [0.717, 1.165) is 36.0 Å². The molecule has 0 unspecified atom stereocenters. The average molecular weight is 290 g/mol. The molecule has 20 heavy (non-hydrogen) atoms. The van der Waals surface area contributed by atoms with Gasteiger partial charge in [0.1, 0.15) is 5.75 Å². The van der Waals surface area contributed by atoms with Gasteiger partial charge in [0.25, 0.3) is 0 Å². The molecule has 0 saturated carbocycles. The second-order valence-electron chi connectivity index (χ2n) is 4.81. The first-order valence-corrected chi connectivity index (χ1v) is 7.91. The van der Waals surface area contributed by atoms with Crippen molar-refractivity contribution in [3.8, 4) is 5.75 Å². The summed E-state index contributed by atoms with van der Waals surface area (Å²) in [6, 6.07) is 6.17. The SMILES string of the molecule is CCNCc1csc(CCOc2cccc(C)c2C)n1. The summed E-state index contributed by atoms with van der Waals surface area (Å²) in [6.07, 6.45) is 0.865. The normalized spacial score (nSPS) is 10.8. The van der Waals surface area contributed by atoms with E-state index in [4.69, 9.17) is 4.74 Å². The monoisotopic (exact) mass is 290 g/mol. The average Bonchev–Trinajstić information content (AvgIpc) is 2.89. The molecule has 0 aliphatic heterocycles.